The zero-order chi connectivity index (χ0) is 22.8. The standard InChI is InChI=1S/C25H28N2O5/c28-23(26-16-8-14-24(29)30)13-2-1-7-15-27-25(31)32-17-22-20-11-5-3-9-18(20)19-10-4-6-12-21(19)22/h3-6,8-12,14,22H,1-2,7,13,15-17H2,(H,26,28)(H,27,31)(H,29,30)/b14-8+. The van der Waals surface area contributed by atoms with Gasteiger partial charge in [-0.25, -0.2) is 9.59 Å². The molecule has 3 rings (SSSR count). The van der Waals surface area contributed by atoms with E-state index >= 15 is 0 Å². The minimum absolute atomic E-state index is 0.0389. The molecule has 3 N–H and O–H groups in total. The van der Waals surface area contributed by atoms with Crippen molar-refractivity contribution in [3.63, 3.8) is 0 Å². The summed E-state index contributed by atoms with van der Waals surface area (Å²) in [6.07, 6.45) is 4.55. The molecule has 168 valence electrons. The molecule has 1 aliphatic carbocycles. The number of rotatable bonds is 11. The first-order valence-electron chi connectivity index (χ1n) is 10.8. The zero-order valence-corrected chi connectivity index (χ0v) is 17.9. The first-order chi connectivity index (χ1) is 15.6. The molecule has 0 bridgehead atoms. The molecule has 0 aliphatic heterocycles. The highest BCUT2D eigenvalue weighted by Crippen LogP contribution is 2.44. The van der Waals surface area contributed by atoms with Gasteiger partial charge >= 0.3 is 12.1 Å². The van der Waals surface area contributed by atoms with E-state index in [1.54, 1.807) is 0 Å². The molecular formula is C25H28N2O5. The number of hydrogen-bond acceptors (Lipinski definition) is 4. The molecule has 32 heavy (non-hydrogen) atoms. The number of hydrogen-bond donors (Lipinski definition) is 3. The molecule has 7 nitrogen and oxygen atoms in total. The van der Waals surface area contributed by atoms with Crippen molar-refractivity contribution in [1.82, 2.24) is 10.6 Å². The molecule has 1 aliphatic rings. The molecule has 0 unspecified atom stereocenters. The van der Waals surface area contributed by atoms with Gasteiger partial charge in [-0.3, -0.25) is 4.79 Å². The van der Waals surface area contributed by atoms with Gasteiger partial charge in [-0.2, -0.15) is 0 Å². The van der Waals surface area contributed by atoms with Gasteiger partial charge in [0.05, 0.1) is 0 Å². The average Bonchev–Trinajstić information content (AvgIpc) is 3.11. The summed E-state index contributed by atoms with van der Waals surface area (Å²) >= 11 is 0. The van der Waals surface area contributed by atoms with E-state index in [1.165, 1.54) is 28.3 Å². The van der Waals surface area contributed by atoms with Crippen LogP contribution in [0.4, 0.5) is 4.79 Å². The smallest absolute Gasteiger partial charge is 0.407 e. The summed E-state index contributed by atoms with van der Waals surface area (Å²) in [4.78, 5) is 34.1. The van der Waals surface area contributed by atoms with Gasteiger partial charge in [0.2, 0.25) is 5.91 Å². The van der Waals surface area contributed by atoms with Crippen LogP contribution in [-0.4, -0.2) is 42.8 Å². The van der Waals surface area contributed by atoms with Crippen LogP contribution in [0.2, 0.25) is 0 Å². The van der Waals surface area contributed by atoms with Gasteiger partial charge in [0.25, 0.3) is 0 Å². The topological polar surface area (TPSA) is 105 Å². The van der Waals surface area contributed by atoms with Crippen molar-refractivity contribution in [3.8, 4) is 11.1 Å². The summed E-state index contributed by atoms with van der Waals surface area (Å²) in [5.41, 5.74) is 4.74. The quantitative estimate of drug-likeness (QED) is 0.367. The van der Waals surface area contributed by atoms with Crippen LogP contribution in [0.15, 0.2) is 60.7 Å². The van der Waals surface area contributed by atoms with Crippen molar-refractivity contribution in [2.75, 3.05) is 19.7 Å². The molecule has 0 spiro atoms. The van der Waals surface area contributed by atoms with Crippen molar-refractivity contribution < 1.29 is 24.2 Å². The number of unbranched alkanes of at least 4 members (excludes halogenated alkanes) is 2. The molecular weight excluding hydrogens is 408 g/mol. The maximum atomic E-state index is 12.1. The number of carbonyl (C=O) groups excluding carboxylic acids is 2. The Labute approximate surface area is 187 Å². The van der Waals surface area contributed by atoms with Crippen LogP contribution in [-0.2, 0) is 14.3 Å². The Bertz CT molecular complexity index is 940. The lowest BCUT2D eigenvalue weighted by Crippen LogP contribution is -2.27. The third kappa shape index (κ3) is 6.44. The van der Waals surface area contributed by atoms with E-state index in [0.717, 1.165) is 18.9 Å². The van der Waals surface area contributed by atoms with Crippen LogP contribution in [0, 0.1) is 0 Å². The molecule has 0 saturated heterocycles. The molecule has 0 aromatic heterocycles. The monoisotopic (exact) mass is 436 g/mol. The zero-order valence-electron chi connectivity index (χ0n) is 17.9. The van der Waals surface area contributed by atoms with E-state index in [1.807, 2.05) is 24.3 Å². The van der Waals surface area contributed by atoms with Gasteiger partial charge in [-0.1, -0.05) is 61.0 Å². The molecule has 0 fully saturated rings. The maximum absolute atomic E-state index is 12.1. The molecule has 7 heteroatoms. The highest BCUT2D eigenvalue weighted by atomic mass is 16.5. The Morgan fingerprint density at radius 1 is 0.906 bits per heavy atom. The van der Waals surface area contributed by atoms with Crippen molar-refractivity contribution in [2.45, 2.75) is 31.6 Å². The SMILES string of the molecule is O=C(O)/C=C/CNC(=O)CCCCCNC(=O)OCC1c2ccccc2-c2ccccc21. The van der Waals surface area contributed by atoms with Crippen molar-refractivity contribution in [1.29, 1.82) is 0 Å². The fourth-order valence-corrected chi connectivity index (χ4v) is 3.85. The highest BCUT2D eigenvalue weighted by Gasteiger charge is 2.28. The molecule has 0 saturated carbocycles. The number of benzene rings is 2. The minimum Gasteiger partial charge on any atom is -0.478 e. The number of fused-ring (bicyclic) bond motifs is 3. The van der Waals surface area contributed by atoms with Crippen LogP contribution in [0.25, 0.3) is 11.1 Å². The van der Waals surface area contributed by atoms with Crippen molar-refractivity contribution in [2.24, 2.45) is 0 Å². The Hall–Kier alpha value is -3.61. The lowest BCUT2D eigenvalue weighted by molar-refractivity contribution is -0.131. The van der Waals surface area contributed by atoms with Gasteiger partial charge in [0, 0.05) is 31.5 Å². The van der Waals surface area contributed by atoms with Crippen LogP contribution < -0.4 is 10.6 Å². The first kappa shape index (κ1) is 23.1. The Kier molecular flexibility index (Phi) is 8.43. The predicted molar refractivity (Wildman–Crippen MR) is 121 cm³/mol. The Morgan fingerprint density at radius 3 is 2.22 bits per heavy atom. The summed E-state index contributed by atoms with van der Waals surface area (Å²) in [6, 6.07) is 16.4. The highest BCUT2D eigenvalue weighted by molar-refractivity contribution is 5.80. The van der Waals surface area contributed by atoms with E-state index in [-0.39, 0.29) is 25.0 Å². The van der Waals surface area contributed by atoms with Gasteiger partial charge in [-0.05, 0) is 35.1 Å². The number of carbonyl (C=O) groups is 3. The van der Waals surface area contributed by atoms with E-state index in [4.69, 9.17) is 9.84 Å². The summed E-state index contributed by atoms with van der Waals surface area (Å²) in [6.45, 7) is 0.977. The average molecular weight is 437 g/mol. The number of carboxylic acids is 1. The normalized spacial score (nSPS) is 12.2. The fourth-order valence-electron chi connectivity index (χ4n) is 3.85. The summed E-state index contributed by atoms with van der Waals surface area (Å²) in [5, 5.41) is 13.9. The molecule has 0 heterocycles. The second-order valence-corrected chi connectivity index (χ2v) is 7.61. The van der Waals surface area contributed by atoms with Crippen LogP contribution in [0.1, 0.15) is 42.7 Å². The molecule has 0 atom stereocenters. The third-order valence-corrected chi connectivity index (χ3v) is 5.37. The molecule has 2 aromatic carbocycles. The second kappa shape index (κ2) is 11.7. The number of amides is 2. The van der Waals surface area contributed by atoms with E-state index < -0.39 is 12.1 Å². The van der Waals surface area contributed by atoms with Crippen LogP contribution >= 0.6 is 0 Å². The van der Waals surface area contributed by atoms with E-state index in [2.05, 4.69) is 34.9 Å². The van der Waals surface area contributed by atoms with Crippen LogP contribution in [0.5, 0.6) is 0 Å². The number of ether oxygens (including phenoxy) is 1. The third-order valence-electron chi connectivity index (χ3n) is 5.37. The number of carboxylic acid groups (broad SMARTS) is 1. The predicted octanol–water partition coefficient (Wildman–Crippen LogP) is 3.84. The van der Waals surface area contributed by atoms with E-state index in [9.17, 15) is 14.4 Å². The van der Waals surface area contributed by atoms with E-state index in [0.29, 0.717) is 19.4 Å². The van der Waals surface area contributed by atoms with Gasteiger partial charge < -0.3 is 20.5 Å². The first-order valence-corrected chi connectivity index (χ1v) is 10.8. The minimum atomic E-state index is -1.04. The van der Waals surface area contributed by atoms with Gasteiger partial charge in [0.1, 0.15) is 6.61 Å². The lowest BCUT2D eigenvalue weighted by Gasteiger charge is -2.14. The fraction of sp³-hybridized carbons (Fsp3) is 0.320. The Balaban J connectivity index is 1.31. The van der Waals surface area contributed by atoms with Crippen molar-refractivity contribution >= 4 is 18.0 Å². The van der Waals surface area contributed by atoms with Gasteiger partial charge in [-0.15, -0.1) is 0 Å². The largest absolute Gasteiger partial charge is 0.478 e. The maximum Gasteiger partial charge on any atom is 0.407 e. The van der Waals surface area contributed by atoms with Crippen molar-refractivity contribution in [3.05, 3.63) is 71.8 Å². The summed E-state index contributed by atoms with van der Waals surface area (Å²) in [7, 11) is 0. The number of aliphatic carboxylic acids is 1. The summed E-state index contributed by atoms with van der Waals surface area (Å²) < 4.78 is 5.49. The lowest BCUT2D eigenvalue weighted by atomic mass is 9.98. The number of alkyl carbamates (subject to hydrolysis) is 1. The summed E-state index contributed by atoms with van der Waals surface area (Å²) in [5.74, 6) is -1.12. The molecule has 0 radical (unpaired) electrons. The molecule has 2 amide bonds. The van der Waals surface area contributed by atoms with Gasteiger partial charge in [0.15, 0.2) is 0 Å². The second-order valence-electron chi connectivity index (χ2n) is 7.61. The molecule has 2 aromatic rings. The Morgan fingerprint density at radius 2 is 1.56 bits per heavy atom. The van der Waals surface area contributed by atoms with Crippen LogP contribution in [0.3, 0.4) is 0 Å². The number of nitrogens with one attached hydrogen (secondary N) is 2.